The van der Waals surface area contributed by atoms with Gasteiger partial charge < -0.3 is 9.90 Å². The van der Waals surface area contributed by atoms with Crippen LogP contribution in [0.1, 0.15) is 26.2 Å². The van der Waals surface area contributed by atoms with Crippen molar-refractivity contribution in [3.8, 4) is 0 Å². The minimum Gasteiger partial charge on any atom is -0.854 e. The predicted octanol–water partition coefficient (Wildman–Crippen LogP) is -2.89. The van der Waals surface area contributed by atoms with Crippen LogP contribution < -0.4 is 34.7 Å². The van der Waals surface area contributed by atoms with E-state index in [0.29, 0.717) is 12.8 Å². The molecule has 2 nitrogen and oxygen atoms in total. The van der Waals surface area contributed by atoms with Crippen LogP contribution in [0.2, 0.25) is 0 Å². The number of unbranched alkanes of at least 4 members (excludes halogenated alkanes) is 1. The third-order valence-corrected chi connectivity index (χ3v) is 0.923. The second kappa shape index (κ2) is 8.63. The molecule has 0 aliphatic carbocycles. The Bertz CT molecular complexity index is 73.5. The van der Waals surface area contributed by atoms with Crippen molar-refractivity contribution in [1.82, 2.24) is 0 Å². The Balaban J connectivity index is 0. The fourth-order valence-electron chi connectivity index (χ4n) is 0.476. The van der Waals surface area contributed by atoms with E-state index in [0.717, 1.165) is 6.42 Å². The monoisotopic (exact) mass is 138 g/mol. The molecule has 0 aromatic carbocycles. The summed E-state index contributed by atoms with van der Waals surface area (Å²) in [5, 5.41) is 9.80. The Morgan fingerprint density at radius 2 is 2.00 bits per heavy atom. The Labute approximate surface area is 77.9 Å². The van der Waals surface area contributed by atoms with E-state index in [1.807, 2.05) is 0 Å². The number of hydrogen-bond donors (Lipinski definition) is 0. The van der Waals surface area contributed by atoms with Gasteiger partial charge in [-0.3, -0.25) is 0 Å². The molecular weight excluding hydrogens is 127 g/mol. The first-order valence-electron chi connectivity index (χ1n) is 2.85. The average Bonchev–Trinajstić information content (AvgIpc) is 1.66. The quantitative estimate of drug-likeness (QED) is 0.309. The van der Waals surface area contributed by atoms with Crippen molar-refractivity contribution in [1.29, 1.82) is 0 Å². The van der Waals surface area contributed by atoms with Gasteiger partial charge in [0.2, 0.25) is 0 Å². The van der Waals surface area contributed by atoms with Gasteiger partial charge in [-0.15, -0.1) is 6.61 Å². The molecule has 0 aliphatic rings. The molecule has 3 heteroatoms. The molecule has 0 unspecified atom stereocenters. The molecule has 0 amide bonds. The van der Waals surface area contributed by atoms with Gasteiger partial charge >= 0.3 is 29.6 Å². The summed E-state index contributed by atoms with van der Waals surface area (Å²) in [6, 6.07) is 0. The molecule has 0 fully saturated rings. The van der Waals surface area contributed by atoms with Crippen molar-refractivity contribution in [3.63, 3.8) is 0 Å². The maximum absolute atomic E-state index is 10.2. The summed E-state index contributed by atoms with van der Waals surface area (Å²) in [4.78, 5) is 10.2. The number of hydrogen-bond acceptors (Lipinski definition) is 2. The first-order valence-corrected chi connectivity index (χ1v) is 2.85. The normalized spacial score (nSPS) is 8.22. The largest absolute Gasteiger partial charge is 1.00 e. The second-order valence-electron chi connectivity index (χ2n) is 1.86. The molecule has 0 bridgehead atoms. The van der Waals surface area contributed by atoms with Gasteiger partial charge in [-0.1, -0.05) is 6.42 Å². The van der Waals surface area contributed by atoms with Crippen molar-refractivity contribution in [3.05, 3.63) is 0 Å². The van der Waals surface area contributed by atoms with Crippen molar-refractivity contribution in [2.24, 2.45) is 0 Å². The summed E-state index contributed by atoms with van der Waals surface area (Å²) in [7, 11) is 0. The third-order valence-electron chi connectivity index (χ3n) is 0.923. The van der Waals surface area contributed by atoms with Crippen LogP contribution in [0.25, 0.3) is 0 Å². The van der Waals surface area contributed by atoms with Gasteiger partial charge in [-0.25, -0.2) is 0 Å². The topological polar surface area (TPSA) is 40.1 Å². The zero-order valence-electron chi connectivity index (χ0n) is 6.14. The summed E-state index contributed by atoms with van der Waals surface area (Å²) < 4.78 is 0. The molecule has 48 valence electrons. The van der Waals surface area contributed by atoms with Gasteiger partial charge in [0.05, 0.1) is 0 Å². The number of ketones is 1. The van der Waals surface area contributed by atoms with E-state index < -0.39 is 0 Å². The molecule has 0 aliphatic heterocycles. The Morgan fingerprint density at radius 1 is 1.44 bits per heavy atom. The fourth-order valence-corrected chi connectivity index (χ4v) is 0.476. The van der Waals surface area contributed by atoms with Crippen molar-refractivity contribution in [2.45, 2.75) is 26.2 Å². The van der Waals surface area contributed by atoms with Crippen molar-refractivity contribution >= 4 is 5.78 Å². The second-order valence-corrected chi connectivity index (χ2v) is 1.86. The minimum atomic E-state index is -0.0483. The number of carbonyl (C=O) groups excluding carboxylic acids is 1. The summed E-state index contributed by atoms with van der Waals surface area (Å²) in [6.45, 7) is 1.50. The SMILES string of the molecule is CC(=O)CCCC[O-].[Na+]. The van der Waals surface area contributed by atoms with E-state index in [1.54, 1.807) is 6.92 Å². The third kappa shape index (κ3) is 12.0. The minimum absolute atomic E-state index is 0. The van der Waals surface area contributed by atoms with Gasteiger partial charge in [-0.2, -0.15) is 0 Å². The molecule has 0 radical (unpaired) electrons. The van der Waals surface area contributed by atoms with Crippen molar-refractivity contribution < 1.29 is 39.5 Å². The summed E-state index contributed by atoms with van der Waals surface area (Å²) >= 11 is 0. The van der Waals surface area contributed by atoms with Crippen LogP contribution in [0.5, 0.6) is 0 Å². The average molecular weight is 138 g/mol. The molecule has 0 rings (SSSR count). The van der Waals surface area contributed by atoms with E-state index in [9.17, 15) is 9.90 Å². The van der Waals surface area contributed by atoms with Crippen LogP contribution in [0.15, 0.2) is 0 Å². The smallest absolute Gasteiger partial charge is 0.854 e. The summed E-state index contributed by atoms with van der Waals surface area (Å²) in [6.07, 6.45) is 1.97. The molecule has 0 saturated heterocycles. The van der Waals surface area contributed by atoms with Crippen LogP contribution in [0.4, 0.5) is 0 Å². The van der Waals surface area contributed by atoms with E-state index in [2.05, 4.69) is 0 Å². The van der Waals surface area contributed by atoms with Gasteiger partial charge in [0, 0.05) is 6.42 Å². The first kappa shape index (κ1) is 12.3. The maximum Gasteiger partial charge on any atom is 1.00 e. The zero-order chi connectivity index (χ0) is 6.41. The van der Waals surface area contributed by atoms with Crippen molar-refractivity contribution in [2.75, 3.05) is 6.61 Å². The Kier molecular flexibility index (Phi) is 11.8. The van der Waals surface area contributed by atoms with Crippen LogP contribution in [0, 0.1) is 0 Å². The molecule has 0 spiro atoms. The molecule has 0 saturated carbocycles. The van der Waals surface area contributed by atoms with Gasteiger partial charge in [-0.05, 0) is 13.3 Å². The predicted molar refractivity (Wildman–Crippen MR) is 29.4 cm³/mol. The molecule has 0 aromatic rings. The maximum atomic E-state index is 10.2. The Hall–Kier alpha value is 0.630. The van der Waals surface area contributed by atoms with Crippen LogP contribution in [0.3, 0.4) is 0 Å². The van der Waals surface area contributed by atoms with E-state index in [1.165, 1.54) is 0 Å². The number of Topliss-reactive ketones (excluding diaryl/α,β-unsaturated/α-hetero) is 1. The molecule has 0 heterocycles. The fraction of sp³-hybridized carbons (Fsp3) is 0.833. The van der Waals surface area contributed by atoms with E-state index >= 15 is 0 Å². The van der Waals surface area contributed by atoms with Gasteiger partial charge in [0.15, 0.2) is 0 Å². The standard InChI is InChI=1S/C6H11O2.Na/c1-6(8)4-2-3-5-7;/h2-5H2,1H3;/q-1;+1. The number of carbonyl (C=O) groups is 1. The first-order chi connectivity index (χ1) is 3.77. The summed E-state index contributed by atoms with van der Waals surface area (Å²) in [5.74, 6) is 0.179. The van der Waals surface area contributed by atoms with E-state index in [-0.39, 0.29) is 41.9 Å². The molecule has 0 N–H and O–H groups in total. The summed E-state index contributed by atoms with van der Waals surface area (Å²) in [5.41, 5.74) is 0. The molecule has 0 atom stereocenters. The van der Waals surface area contributed by atoms with Gasteiger partial charge in [0.25, 0.3) is 0 Å². The van der Waals surface area contributed by atoms with Crippen LogP contribution in [-0.4, -0.2) is 12.4 Å². The molecular formula is C6H11NaO2. The molecule has 0 aromatic heterocycles. The van der Waals surface area contributed by atoms with Crippen LogP contribution >= 0.6 is 0 Å². The van der Waals surface area contributed by atoms with E-state index in [4.69, 9.17) is 0 Å². The van der Waals surface area contributed by atoms with Crippen LogP contribution in [-0.2, 0) is 4.79 Å². The Morgan fingerprint density at radius 3 is 2.33 bits per heavy atom. The molecule has 9 heavy (non-hydrogen) atoms. The number of rotatable bonds is 4. The zero-order valence-corrected chi connectivity index (χ0v) is 8.14. The van der Waals surface area contributed by atoms with Gasteiger partial charge in [0.1, 0.15) is 5.78 Å².